The predicted molar refractivity (Wildman–Crippen MR) is 96.1 cm³/mol. The van der Waals surface area contributed by atoms with E-state index in [1.54, 1.807) is 0 Å². The minimum Gasteiger partial charge on any atom is -0.373 e. The van der Waals surface area contributed by atoms with Gasteiger partial charge in [0.25, 0.3) is 0 Å². The van der Waals surface area contributed by atoms with Gasteiger partial charge >= 0.3 is 0 Å². The SMILES string of the molecule is CCNC(C)c1ccc(N(C)CC2CCCCC2)c(Br)c1. The maximum absolute atomic E-state index is 3.76. The van der Waals surface area contributed by atoms with Gasteiger partial charge in [0.2, 0.25) is 0 Å². The van der Waals surface area contributed by atoms with Gasteiger partial charge in [-0.05, 0) is 65.9 Å². The van der Waals surface area contributed by atoms with Gasteiger partial charge < -0.3 is 10.2 Å². The Bertz CT molecular complexity index is 441. The lowest BCUT2D eigenvalue weighted by Gasteiger charge is -2.29. The molecule has 1 unspecified atom stereocenters. The number of hydrogen-bond donors (Lipinski definition) is 1. The summed E-state index contributed by atoms with van der Waals surface area (Å²) in [5, 5.41) is 3.47. The molecule has 0 saturated heterocycles. The fourth-order valence-electron chi connectivity index (χ4n) is 3.38. The Labute approximate surface area is 138 Å². The summed E-state index contributed by atoms with van der Waals surface area (Å²) < 4.78 is 1.21. The second-order valence-electron chi connectivity index (χ2n) is 6.37. The Morgan fingerprint density at radius 3 is 2.62 bits per heavy atom. The minimum absolute atomic E-state index is 0.406. The number of nitrogens with zero attached hydrogens (tertiary/aromatic N) is 1. The van der Waals surface area contributed by atoms with Gasteiger partial charge in [0.15, 0.2) is 0 Å². The highest BCUT2D eigenvalue weighted by atomic mass is 79.9. The zero-order valence-electron chi connectivity index (χ0n) is 13.7. The van der Waals surface area contributed by atoms with Crippen molar-refractivity contribution in [3.05, 3.63) is 28.2 Å². The fourth-order valence-corrected chi connectivity index (χ4v) is 4.08. The highest BCUT2D eigenvalue weighted by Gasteiger charge is 2.17. The summed E-state index contributed by atoms with van der Waals surface area (Å²) >= 11 is 3.76. The van der Waals surface area contributed by atoms with Crippen LogP contribution in [-0.2, 0) is 0 Å². The van der Waals surface area contributed by atoms with Gasteiger partial charge in [0, 0.05) is 24.1 Å². The van der Waals surface area contributed by atoms with Crippen molar-refractivity contribution in [3.63, 3.8) is 0 Å². The first-order valence-corrected chi connectivity index (χ1v) is 9.15. The molecule has 0 aliphatic heterocycles. The Kier molecular flexibility index (Phi) is 6.56. The molecule has 1 fully saturated rings. The van der Waals surface area contributed by atoms with Crippen molar-refractivity contribution in [2.75, 3.05) is 25.0 Å². The molecule has 2 rings (SSSR count). The normalized spacial score (nSPS) is 17.7. The Morgan fingerprint density at radius 1 is 1.29 bits per heavy atom. The van der Waals surface area contributed by atoms with Crippen molar-refractivity contribution in [3.8, 4) is 0 Å². The molecule has 0 radical (unpaired) electrons. The second-order valence-corrected chi connectivity index (χ2v) is 7.23. The first-order chi connectivity index (χ1) is 10.1. The molecule has 1 aromatic rings. The van der Waals surface area contributed by atoms with Crippen molar-refractivity contribution < 1.29 is 0 Å². The molecule has 1 aromatic carbocycles. The van der Waals surface area contributed by atoms with Gasteiger partial charge in [0.05, 0.1) is 5.69 Å². The Balaban J connectivity index is 2.01. The summed E-state index contributed by atoms with van der Waals surface area (Å²) in [6.45, 7) is 6.55. The zero-order valence-corrected chi connectivity index (χ0v) is 15.2. The lowest BCUT2D eigenvalue weighted by molar-refractivity contribution is 0.362. The van der Waals surface area contributed by atoms with Crippen molar-refractivity contribution >= 4 is 21.6 Å². The van der Waals surface area contributed by atoms with Crippen LogP contribution in [0, 0.1) is 5.92 Å². The van der Waals surface area contributed by atoms with Gasteiger partial charge in [0.1, 0.15) is 0 Å². The first-order valence-electron chi connectivity index (χ1n) is 8.35. The van der Waals surface area contributed by atoms with E-state index < -0.39 is 0 Å². The van der Waals surface area contributed by atoms with E-state index in [0.29, 0.717) is 6.04 Å². The molecule has 0 spiro atoms. The highest BCUT2D eigenvalue weighted by Crippen LogP contribution is 2.31. The van der Waals surface area contributed by atoms with Crippen LogP contribution in [0.1, 0.15) is 57.6 Å². The molecule has 3 heteroatoms. The van der Waals surface area contributed by atoms with Gasteiger partial charge in [-0.15, -0.1) is 0 Å². The predicted octanol–water partition coefficient (Wildman–Crippen LogP) is 5.14. The topological polar surface area (TPSA) is 15.3 Å². The summed E-state index contributed by atoms with van der Waals surface area (Å²) in [5.74, 6) is 0.871. The molecule has 0 aromatic heterocycles. The van der Waals surface area contributed by atoms with Crippen LogP contribution in [0.2, 0.25) is 0 Å². The molecular weight excluding hydrogens is 324 g/mol. The third kappa shape index (κ3) is 4.72. The molecule has 2 nitrogen and oxygen atoms in total. The van der Waals surface area contributed by atoms with E-state index >= 15 is 0 Å². The number of halogens is 1. The van der Waals surface area contributed by atoms with Crippen LogP contribution >= 0.6 is 15.9 Å². The number of benzene rings is 1. The average Bonchev–Trinajstić information content (AvgIpc) is 2.48. The molecule has 0 amide bonds. The van der Waals surface area contributed by atoms with Crippen LogP contribution in [0.25, 0.3) is 0 Å². The maximum Gasteiger partial charge on any atom is 0.0508 e. The summed E-state index contributed by atoms with van der Waals surface area (Å²) in [4.78, 5) is 2.42. The van der Waals surface area contributed by atoms with Crippen molar-refractivity contribution in [1.82, 2.24) is 5.32 Å². The van der Waals surface area contributed by atoms with Gasteiger partial charge in [-0.3, -0.25) is 0 Å². The third-order valence-electron chi connectivity index (χ3n) is 4.65. The maximum atomic E-state index is 3.76. The van der Waals surface area contributed by atoms with Crippen LogP contribution in [0.5, 0.6) is 0 Å². The minimum atomic E-state index is 0.406. The van der Waals surface area contributed by atoms with Crippen molar-refractivity contribution in [2.24, 2.45) is 5.92 Å². The van der Waals surface area contributed by atoms with E-state index in [1.165, 1.54) is 54.4 Å². The summed E-state index contributed by atoms with van der Waals surface area (Å²) in [6.07, 6.45) is 7.06. The van der Waals surface area contributed by atoms with E-state index in [1.807, 2.05) is 0 Å². The molecule has 1 N–H and O–H groups in total. The lowest BCUT2D eigenvalue weighted by atomic mass is 9.89. The Morgan fingerprint density at radius 2 is 2.00 bits per heavy atom. The molecule has 1 aliphatic carbocycles. The number of nitrogens with one attached hydrogen (secondary N) is 1. The molecule has 1 aliphatic rings. The first kappa shape index (κ1) is 16.8. The lowest BCUT2D eigenvalue weighted by Crippen LogP contribution is -2.27. The summed E-state index contributed by atoms with van der Waals surface area (Å²) in [5.41, 5.74) is 2.66. The van der Waals surface area contributed by atoms with Crippen LogP contribution in [0.4, 0.5) is 5.69 Å². The van der Waals surface area contributed by atoms with E-state index in [0.717, 1.165) is 12.5 Å². The van der Waals surface area contributed by atoms with E-state index in [9.17, 15) is 0 Å². The van der Waals surface area contributed by atoms with Gasteiger partial charge in [-0.25, -0.2) is 0 Å². The van der Waals surface area contributed by atoms with Crippen molar-refractivity contribution in [2.45, 2.75) is 52.0 Å². The fraction of sp³-hybridized carbons (Fsp3) is 0.667. The number of rotatable bonds is 6. The quantitative estimate of drug-likeness (QED) is 0.762. The smallest absolute Gasteiger partial charge is 0.0508 e. The average molecular weight is 353 g/mol. The Hall–Kier alpha value is -0.540. The molecule has 118 valence electrons. The van der Waals surface area contributed by atoms with Crippen LogP contribution in [0.3, 0.4) is 0 Å². The molecule has 0 bridgehead atoms. The van der Waals surface area contributed by atoms with E-state index in [-0.39, 0.29) is 0 Å². The zero-order chi connectivity index (χ0) is 15.2. The summed E-state index contributed by atoms with van der Waals surface area (Å²) in [7, 11) is 2.22. The molecular formula is C18H29BrN2. The van der Waals surface area contributed by atoms with Crippen LogP contribution in [0.15, 0.2) is 22.7 Å². The van der Waals surface area contributed by atoms with Crippen molar-refractivity contribution in [1.29, 1.82) is 0 Å². The molecule has 21 heavy (non-hydrogen) atoms. The van der Waals surface area contributed by atoms with Crippen LogP contribution < -0.4 is 10.2 Å². The standard InChI is InChI=1S/C18H29BrN2/c1-4-20-14(2)16-10-11-18(17(19)12-16)21(3)13-15-8-6-5-7-9-15/h10-12,14-15,20H,4-9,13H2,1-3H3. The third-order valence-corrected chi connectivity index (χ3v) is 5.29. The number of anilines is 1. The van der Waals surface area contributed by atoms with Gasteiger partial charge in [-0.1, -0.05) is 32.3 Å². The van der Waals surface area contributed by atoms with E-state index in [2.05, 4.69) is 65.2 Å². The molecule has 0 heterocycles. The van der Waals surface area contributed by atoms with Gasteiger partial charge in [-0.2, -0.15) is 0 Å². The molecule has 1 saturated carbocycles. The molecule has 1 atom stereocenters. The summed E-state index contributed by atoms with van der Waals surface area (Å²) in [6, 6.07) is 7.19. The van der Waals surface area contributed by atoms with E-state index in [4.69, 9.17) is 0 Å². The second kappa shape index (κ2) is 8.19. The highest BCUT2D eigenvalue weighted by molar-refractivity contribution is 9.10. The monoisotopic (exact) mass is 352 g/mol. The largest absolute Gasteiger partial charge is 0.373 e. The van der Waals surface area contributed by atoms with Crippen LogP contribution in [-0.4, -0.2) is 20.1 Å². The number of hydrogen-bond acceptors (Lipinski definition) is 2.